The highest BCUT2D eigenvalue weighted by Crippen LogP contribution is 2.11. The molecule has 0 spiro atoms. The molecule has 0 atom stereocenters. The molecule has 1 aromatic carbocycles. The normalized spacial score (nSPS) is 11.6. The van der Waals surface area contributed by atoms with Crippen molar-refractivity contribution >= 4 is 10.0 Å². The molecule has 5 nitrogen and oxygen atoms in total. The van der Waals surface area contributed by atoms with Gasteiger partial charge in [0.1, 0.15) is 11.6 Å². The number of rotatable bonds is 5. The van der Waals surface area contributed by atoms with Crippen LogP contribution in [0.5, 0.6) is 0 Å². The van der Waals surface area contributed by atoms with Gasteiger partial charge in [-0.1, -0.05) is 12.1 Å². The minimum atomic E-state index is -3.87. The molecule has 21 heavy (non-hydrogen) atoms. The average Bonchev–Trinajstić information content (AvgIpc) is 2.46. The fourth-order valence-electron chi connectivity index (χ4n) is 1.60. The van der Waals surface area contributed by atoms with Gasteiger partial charge in [-0.15, -0.1) is 0 Å². The molecule has 0 bridgehead atoms. The number of pyridine rings is 1. The van der Waals surface area contributed by atoms with Crippen molar-refractivity contribution in [2.75, 3.05) is 0 Å². The summed E-state index contributed by atoms with van der Waals surface area (Å²) in [5, 5.41) is -0.192. The molecule has 0 aliphatic carbocycles. The zero-order valence-corrected chi connectivity index (χ0v) is 11.7. The number of sulfonamides is 1. The van der Waals surface area contributed by atoms with Crippen LogP contribution in [0.3, 0.4) is 0 Å². The van der Waals surface area contributed by atoms with E-state index in [1.165, 1.54) is 18.3 Å². The molecular weight excluding hydrogens is 300 g/mol. The van der Waals surface area contributed by atoms with Crippen molar-refractivity contribution in [3.05, 3.63) is 59.3 Å². The second-order valence-electron chi connectivity index (χ2n) is 4.27. The Hall–Kier alpha value is -1.90. The summed E-state index contributed by atoms with van der Waals surface area (Å²) in [7, 11) is -3.87. The molecule has 2 rings (SSSR count). The van der Waals surface area contributed by atoms with Crippen molar-refractivity contribution in [3.8, 4) is 0 Å². The maximum Gasteiger partial charge on any atom is 0.258 e. The van der Waals surface area contributed by atoms with Crippen LogP contribution in [0.1, 0.15) is 11.1 Å². The Kier molecular flexibility index (Phi) is 4.61. The Morgan fingerprint density at radius 2 is 1.95 bits per heavy atom. The third-order valence-electron chi connectivity index (χ3n) is 2.78. The summed E-state index contributed by atoms with van der Waals surface area (Å²) in [6.45, 7) is -0.0453. The maximum atomic E-state index is 13.4. The average molecular weight is 313 g/mol. The van der Waals surface area contributed by atoms with Crippen molar-refractivity contribution < 1.29 is 17.2 Å². The van der Waals surface area contributed by atoms with E-state index in [1.54, 1.807) is 6.07 Å². The van der Waals surface area contributed by atoms with Gasteiger partial charge in [-0.25, -0.2) is 26.9 Å². The molecule has 0 amide bonds. The van der Waals surface area contributed by atoms with Gasteiger partial charge < -0.3 is 5.73 Å². The Morgan fingerprint density at radius 1 is 1.19 bits per heavy atom. The van der Waals surface area contributed by atoms with Gasteiger partial charge in [0.2, 0.25) is 0 Å². The number of nitrogens with one attached hydrogen (secondary N) is 1. The number of benzene rings is 1. The lowest BCUT2D eigenvalue weighted by atomic mass is 10.2. The SMILES string of the molecule is NCc1ccc(S(=O)(=O)NCc2ccc(F)cc2F)nc1. The third-order valence-corrected chi connectivity index (χ3v) is 4.09. The Balaban J connectivity index is 2.13. The molecule has 2 aromatic rings. The minimum Gasteiger partial charge on any atom is -0.326 e. The molecule has 0 saturated carbocycles. The summed E-state index contributed by atoms with van der Waals surface area (Å²) < 4.78 is 52.4. The van der Waals surface area contributed by atoms with Crippen molar-refractivity contribution in [1.82, 2.24) is 9.71 Å². The van der Waals surface area contributed by atoms with E-state index < -0.39 is 21.7 Å². The molecule has 0 fully saturated rings. The minimum absolute atomic E-state index is 0.0403. The number of hydrogen-bond donors (Lipinski definition) is 2. The summed E-state index contributed by atoms with van der Waals surface area (Å²) >= 11 is 0. The lowest BCUT2D eigenvalue weighted by molar-refractivity contribution is 0.561. The Bertz CT molecular complexity index is 734. The molecule has 0 aliphatic heterocycles. The number of nitrogens with zero attached hydrogens (tertiary/aromatic N) is 1. The summed E-state index contributed by atoms with van der Waals surface area (Å²) in [5.74, 6) is -1.54. The van der Waals surface area contributed by atoms with Crippen molar-refractivity contribution in [2.45, 2.75) is 18.1 Å². The van der Waals surface area contributed by atoms with Gasteiger partial charge >= 0.3 is 0 Å². The summed E-state index contributed by atoms with van der Waals surface area (Å²) in [6, 6.07) is 5.78. The van der Waals surface area contributed by atoms with Crippen LogP contribution in [0.15, 0.2) is 41.6 Å². The fraction of sp³-hybridized carbons (Fsp3) is 0.154. The predicted octanol–water partition coefficient (Wildman–Crippen LogP) is 1.30. The number of nitrogens with two attached hydrogens (primary N) is 1. The van der Waals surface area contributed by atoms with Crippen molar-refractivity contribution in [3.63, 3.8) is 0 Å². The largest absolute Gasteiger partial charge is 0.326 e. The summed E-state index contributed by atoms with van der Waals surface area (Å²) in [4.78, 5) is 3.79. The van der Waals surface area contributed by atoms with Gasteiger partial charge in [-0.2, -0.15) is 0 Å². The van der Waals surface area contributed by atoms with Crippen LogP contribution in [-0.2, 0) is 23.1 Å². The first kappa shape index (κ1) is 15.5. The lowest BCUT2D eigenvalue weighted by Crippen LogP contribution is -2.24. The molecule has 112 valence electrons. The topological polar surface area (TPSA) is 85.1 Å². The highest BCUT2D eigenvalue weighted by molar-refractivity contribution is 7.89. The van der Waals surface area contributed by atoms with Crippen LogP contribution >= 0.6 is 0 Å². The van der Waals surface area contributed by atoms with Crippen LogP contribution < -0.4 is 10.5 Å². The van der Waals surface area contributed by atoms with E-state index in [0.29, 0.717) is 11.6 Å². The third kappa shape index (κ3) is 3.81. The number of hydrogen-bond acceptors (Lipinski definition) is 4. The Morgan fingerprint density at radius 3 is 2.52 bits per heavy atom. The first-order valence-corrected chi connectivity index (χ1v) is 7.49. The standard InChI is InChI=1S/C13H13F2N3O2S/c14-11-3-2-10(12(15)5-11)8-18-21(19,20)13-4-1-9(6-16)7-17-13/h1-5,7,18H,6,8,16H2. The van der Waals surface area contributed by atoms with E-state index in [2.05, 4.69) is 9.71 Å². The van der Waals surface area contributed by atoms with Gasteiger partial charge in [-0.3, -0.25) is 0 Å². The van der Waals surface area contributed by atoms with E-state index in [-0.39, 0.29) is 23.7 Å². The quantitative estimate of drug-likeness (QED) is 0.871. The van der Waals surface area contributed by atoms with Crippen molar-refractivity contribution in [2.24, 2.45) is 5.73 Å². The van der Waals surface area contributed by atoms with Crippen LogP contribution in [-0.4, -0.2) is 13.4 Å². The zero-order valence-electron chi connectivity index (χ0n) is 10.9. The highest BCUT2D eigenvalue weighted by Gasteiger charge is 2.16. The lowest BCUT2D eigenvalue weighted by Gasteiger charge is -2.07. The molecule has 0 radical (unpaired) electrons. The smallest absolute Gasteiger partial charge is 0.258 e. The molecule has 0 aliphatic rings. The molecule has 1 heterocycles. The van der Waals surface area contributed by atoms with Crippen LogP contribution in [0, 0.1) is 11.6 Å². The first-order valence-electron chi connectivity index (χ1n) is 6.01. The molecule has 1 aromatic heterocycles. The van der Waals surface area contributed by atoms with Gasteiger partial charge in [0.25, 0.3) is 10.0 Å². The predicted molar refractivity (Wildman–Crippen MR) is 72.5 cm³/mol. The maximum absolute atomic E-state index is 13.4. The summed E-state index contributed by atoms with van der Waals surface area (Å²) in [6.07, 6.45) is 1.35. The molecule has 8 heteroatoms. The fourth-order valence-corrected chi connectivity index (χ4v) is 2.53. The second-order valence-corrected chi connectivity index (χ2v) is 5.98. The van der Waals surface area contributed by atoms with E-state index in [1.807, 2.05) is 0 Å². The van der Waals surface area contributed by atoms with Crippen LogP contribution in [0.2, 0.25) is 0 Å². The highest BCUT2D eigenvalue weighted by atomic mass is 32.2. The van der Waals surface area contributed by atoms with E-state index >= 15 is 0 Å². The number of halogens is 2. The molecular formula is C13H13F2N3O2S. The Labute approximate surface area is 120 Å². The van der Waals surface area contributed by atoms with E-state index in [0.717, 1.165) is 6.07 Å². The number of aromatic nitrogens is 1. The first-order chi connectivity index (χ1) is 9.92. The zero-order chi connectivity index (χ0) is 15.5. The second kappa shape index (κ2) is 6.25. The van der Waals surface area contributed by atoms with Crippen LogP contribution in [0.25, 0.3) is 0 Å². The van der Waals surface area contributed by atoms with Gasteiger partial charge in [0.15, 0.2) is 5.03 Å². The van der Waals surface area contributed by atoms with Gasteiger partial charge in [0, 0.05) is 30.9 Å². The monoisotopic (exact) mass is 313 g/mol. The molecule has 0 saturated heterocycles. The van der Waals surface area contributed by atoms with Crippen molar-refractivity contribution in [1.29, 1.82) is 0 Å². The van der Waals surface area contributed by atoms with E-state index in [9.17, 15) is 17.2 Å². The molecule has 3 N–H and O–H groups in total. The van der Waals surface area contributed by atoms with Crippen LogP contribution in [0.4, 0.5) is 8.78 Å². The molecule has 0 unspecified atom stereocenters. The van der Waals surface area contributed by atoms with Gasteiger partial charge in [-0.05, 0) is 17.7 Å². The summed E-state index contributed by atoms with van der Waals surface area (Å²) in [5.41, 5.74) is 6.13. The van der Waals surface area contributed by atoms with Gasteiger partial charge in [0.05, 0.1) is 0 Å². The van der Waals surface area contributed by atoms with E-state index in [4.69, 9.17) is 5.73 Å².